The lowest BCUT2D eigenvalue weighted by Crippen LogP contribution is -2.33. The third-order valence-corrected chi connectivity index (χ3v) is 3.07. The Hall–Kier alpha value is -1.89. The van der Waals surface area contributed by atoms with Crippen LogP contribution in [0.4, 0.5) is 0 Å². The van der Waals surface area contributed by atoms with Crippen molar-refractivity contribution in [1.82, 2.24) is 5.01 Å². The second kappa shape index (κ2) is 7.21. The summed E-state index contributed by atoms with van der Waals surface area (Å²) in [6, 6.07) is 11.0. The number of furan rings is 1. The summed E-state index contributed by atoms with van der Waals surface area (Å²) in [6.45, 7) is 0.133. The molecule has 21 heavy (non-hydrogen) atoms. The number of aliphatic hydroxyl groups excluding tert-OH is 1. The van der Waals surface area contributed by atoms with E-state index in [1.54, 1.807) is 12.1 Å². The summed E-state index contributed by atoms with van der Waals surface area (Å²) in [6.07, 6.45) is 1.49. The Morgan fingerprint density at radius 3 is 2.90 bits per heavy atom. The molecule has 5 nitrogen and oxygen atoms in total. The normalized spacial score (nSPS) is 11.0. The topological polar surface area (TPSA) is 75.0 Å². The van der Waals surface area contributed by atoms with Crippen molar-refractivity contribution in [3.05, 3.63) is 47.2 Å². The zero-order valence-electron chi connectivity index (χ0n) is 11.1. The van der Waals surface area contributed by atoms with Crippen LogP contribution in [-0.4, -0.2) is 34.6 Å². The standard InChI is InChI=1S/C14H14ClN3O2S/c15-11-3-1-2-10(8-11)13-5-4-12(20-13)9-17-18(6-7-19)14(16)21/h1-5,8-9,19H,6-7H2,(H2,16,21). The molecule has 1 heterocycles. The van der Waals surface area contributed by atoms with E-state index < -0.39 is 0 Å². The van der Waals surface area contributed by atoms with Gasteiger partial charge in [0.1, 0.15) is 11.5 Å². The number of hydrazone groups is 1. The highest BCUT2D eigenvalue weighted by Gasteiger charge is 2.06. The lowest BCUT2D eigenvalue weighted by Gasteiger charge is -2.14. The summed E-state index contributed by atoms with van der Waals surface area (Å²) < 4.78 is 5.65. The fraction of sp³-hybridized carbons (Fsp3) is 0.143. The first-order valence-electron chi connectivity index (χ1n) is 6.18. The number of benzene rings is 1. The molecule has 7 heteroatoms. The van der Waals surface area contributed by atoms with Crippen molar-refractivity contribution >= 4 is 35.1 Å². The maximum atomic E-state index is 8.89. The molecule has 0 atom stereocenters. The van der Waals surface area contributed by atoms with Crippen molar-refractivity contribution in [3.63, 3.8) is 0 Å². The van der Waals surface area contributed by atoms with Crippen LogP contribution in [0.25, 0.3) is 11.3 Å². The van der Waals surface area contributed by atoms with E-state index in [0.717, 1.165) is 5.56 Å². The minimum absolute atomic E-state index is 0.0851. The first-order chi connectivity index (χ1) is 10.1. The van der Waals surface area contributed by atoms with Gasteiger partial charge in [0.15, 0.2) is 5.11 Å². The number of rotatable bonds is 5. The van der Waals surface area contributed by atoms with Crippen molar-refractivity contribution in [2.24, 2.45) is 10.8 Å². The van der Waals surface area contributed by atoms with Gasteiger partial charge in [-0.3, -0.25) is 0 Å². The van der Waals surface area contributed by atoms with Crippen molar-refractivity contribution in [2.75, 3.05) is 13.2 Å². The SMILES string of the molecule is NC(=S)N(CCO)N=Cc1ccc(-c2cccc(Cl)c2)o1. The molecule has 2 rings (SSSR count). The average molecular weight is 324 g/mol. The quantitative estimate of drug-likeness (QED) is 0.502. The second-order valence-corrected chi connectivity index (χ2v) is 5.00. The molecule has 1 aromatic heterocycles. The molecule has 3 N–H and O–H groups in total. The van der Waals surface area contributed by atoms with E-state index in [2.05, 4.69) is 5.10 Å². The van der Waals surface area contributed by atoms with Crippen LogP contribution in [0.15, 0.2) is 45.9 Å². The summed E-state index contributed by atoms with van der Waals surface area (Å²) in [5, 5.41) is 15.0. The summed E-state index contributed by atoms with van der Waals surface area (Å²) >= 11 is 10.8. The predicted molar refractivity (Wildman–Crippen MR) is 87.3 cm³/mol. The highest BCUT2D eigenvalue weighted by molar-refractivity contribution is 7.80. The van der Waals surface area contributed by atoms with Gasteiger partial charge >= 0.3 is 0 Å². The highest BCUT2D eigenvalue weighted by atomic mass is 35.5. The monoisotopic (exact) mass is 323 g/mol. The molecular formula is C14H14ClN3O2S. The van der Waals surface area contributed by atoms with E-state index in [1.807, 2.05) is 24.3 Å². The van der Waals surface area contributed by atoms with Gasteiger partial charge < -0.3 is 15.3 Å². The molecule has 0 aliphatic carbocycles. The van der Waals surface area contributed by atoms with Crippen LogP contribution in [0, 0.1) is 0 Å². The fourth-order valence-electron chi connectivity index (χ4n) is 1.67. The molecule has 0 aliphatic heterocycles. The molecule has 0 saturated heterocycles. The zero-order chi connectivity index (χ0) is 15.2. The molecule has 1 aromatic carbocycles. The lowest BCUT2D eigenvalue weighted by atomic mass is 10.2. The number of hydrogen-bond donors (Lipinski definition) is 2. The summed E-state index contributed by atoms with van der Waals surface area (Å²) in [7, 11) is 0. The summed E-state index contributed by atoms with van der Waals surface area (Å²) in [5.41, 5.74) is 6.37. The van der Waals surface area contributed by atoms with E-state index >= 15 is 0 Å². The molecule has 0 amide bonds. The smallest absolute Gasteiger partial charge is 0.187 e. The minimum atomic E-state index is -0.0966. The number of thiocarbonyl (C=S) groups is 1. The van der Waals surface area contributed by atoms with Gasteiger partial charge in [0.25, 0.3) is 0 Å². The van der Waals surface area contributed by atoms with Gasteiger partial charge in [-0.05, 0) is 36.5 Å². The Bertz CT molecular complexity index is 657. The van der Waals surface area contributed by atoms with Crippen LogP contribution < -0.4 is 5.73 Å². The highest BCUT2D eigenvalue weighted by Crippen LogP contribution is 2.24. The third-order valence-electron chi connectivity index (χ3n) is 2.63. The van der Waals surface area contributed by atoms with E-state index in [0.29, 0.717) is 16.5 Å². The minimum Gasteiger partial charge on any atom is -0.455 e. The Morgan fingerprint density at radius 2 is 2.24 bits per heavy atom. The van der Waals surface area contributed by atoms with Crippen LogP contribution in [0.3, 0.4) is 0 Å². The molecule has 0 radical (unpaired) electrons. The van der Waals surface area contributed by atoms with Gasteiger partial charge in [-0.1, -0.05) is 23.7 Å². The summed E-state index contributed by atoms with van der Waals surface area (Å²) in [5.74, 6) is 1.23. The molecule has 0 saturated carbocycles. The Labute approximate surface area is 132 Å². The van der Waals surface area contributed by atoms with Gasteiger partial charge in [-0.15, -0.1) is 0 Å². The first-order valence-corrected chi connectivity index (χ1v) is 6.96. The number of aliphatic hydroxyl groups is 1. The van der Waals surface area contributed by atoms with Crippen molar-refractivity contribution in [1.29, 1.82) is 0 Å². The molecule has 0 bridgehead atoms. The van der Waals surface area contributed by atoms with Crippen LogP contribution in [-0.2, 0) is 0 Å². The third kappa shape index (κ3) is 4.29. The Balaban J connectivity index is 2.14. The predicted octanol–water partition coefficient (Wildman–Crippen LogP) is 2.47. The van der Waals surface area contributed by atoms with Gasteiger partial charge in [0.2, 0.25) is 0 Å². The molecule has 0 fully saturated rings. The molecular weight excluding hydrogens is 310 g/mol. The molecule has 0 unspecified atom stereocenters. The summed E-state index contributed by atoms with van der Waals surface area (Å²) in [4.78, 5) is 0. The van der Waals surface area contributed by atoms with Crippen molar-refractivity contribution < 1.29 is 9.52 Å². The molecule has 110 valence electrons. The van der Waals surface area contributed by atoms with Gasteiger partial charge in [0.05, 0.1) is 19.4 Å². The van der Waals surface area contributed by atoms with Crippen molar-refractivity contribution in [3.8, 4) is 11.3 Å². The maximum Gasteiger partial charge on any atom is 0.187 e. The number of nitrogens with two attached hydrogens (primary N) is 1. The van der Waals surface area contributed by atoms with Crippen LogP contribution in [0.1, 0.15) is 5.76 Å². The second-order valence-electron chi connectivity index (χ2n) is 4.14. The van der Waals surface area contributed by atoms with Crippen LogP contribution in [0.5, 0.6) is 0 Å². The lowest BCUT2D eigenvalue weighted by molar-refractivity contribution is 0.254. The number of halogens is 1. The molecule has 0 aliphatic rings. The number of nitrogens with zero attached hydrogens (tertiary/aromatic N) is 2. The first kappa shape index (κ1) is 15.5. The van der Waals surface area contributed by atoms with E-state index in [1.165, 1.54) is 11.2 Å². The van der Waals surface area contributed by atoms with E-state index in [9.17, 15) is 0 Å². The van der Waals surface area contributed by atoms with E-state index in [-0.39, 0.29) is 18.3 Å². The fourth-order valence-corrected chi connectivity index (χ4v) is 1.99. The number of hydrogen-bond acceptors (Lipinski definition) is 4. The van der Waals surface area contributed by atoms with Crippen molar-refractivity contribution in [2.45, 2.75) is 0 Å². The molecule has 2 aromatic rings. The Morgan fingerprint density at radius 1 is 1.43 bits per heavy atom. The molecule has 0 spiro atoms. The van der Waals surface area contributed by atoms with Gasteiger partial charge in [-0.25, -0.2) is 5.01 Å². The largest absolute Gasteiger partial charge is 0.455 e. The van der Waals surface area contributed by atoms with E-state index in [4.69, 9.17) is 39.1 Å². The van der Waals surface area contributed by atoms with Crippen LogP contribution >= 0.6 is 23.8 Å². The van der Waals surface area contributed by atoms with Crippen LogP contribution in [0.2, 0.25) is 5.02 Å². The Kier molecular flexibility index (Phi) is 5.32. The van der Waals surface area contributed by atoms with Gasteiger partial charge in [0, 0.05) is 10.6 Å². The zero-order valence-corrected chi connectivity index (χ0v) is 12.6. The van der Waals surface area contributed by atoms with Gasteiger partial charge in [-0.2, -0.15) is 5.10 Å². The average Bonchev–Trinajstić information content (AvgIpc) is 2.92. The maximum absolute atomic E-state index is 8.89.